The minimum Gasteiger partial charge on any atom is -0.480 e. The molecule has 0 aromatic carbocycles. The van der Waals surface area contributed by atoms with E-state index in [1.807, 2.05) is 0 Å². The second-order valence-electron chi connectivity index (χ2n) is 4.62. The van der Waals surface area contributed by atoms with Crippen LogP contribution in [0.4, 0.5) is 0 Å². The molecule has 0 aromatic rings. The van der Waals surface area contributed by atoms with Crippen molar-refractivity contribution < 1.29 is 14.7 Å². The summed E-state index contributed by atoms with van der Waals surface area (Å²) in [4.78, 5) is 22.4. The lowest BCUT2D eigenvalue weighted by Gasteiger charge is -2.27. The van der Waals surface area contributed by atoms with Crippen LogP contribution in [-0.4, -0.2) is 36.1 Å². The zero-order chi connectivity index (χ0) is 12.8. The van der Waals surface area contributed by atoms with Crippen LogP contribution < -0.4 is 10.6 Å². The number of carbonyl (C=O) groups is 2. The lowest BCUT2D eigenvalue weighted by atomic mass is 9.87. The SMILES string of the molecule is C=CCNCC(=O)N[C@@H](C(=O)O)C(C)(C)C. The smallest absolute Gasteiger partial charge is 0.326 e. The molecule has 0 rings (SSSR count). The van der Waals surface area contributed by atoms with Crippen LogP contribution in [-0.2, 0) is 9.59 Å². The highest BCUT2D eigenvalue weighted by atomic mass is 16.4. The van der Waals surface area contributed by atoms with Gasteiger partial charge in [0.2, 0.25) is 5.91 Å². The van der Waals surface area contributed by atoms with E-state index in [4.69, 9.17) is 5.11 Å². The van der Waals surface area contributed by atoms with Gasteiger partial charge in [0.15, 0.2) is 0 Å². The Balaban J connectivity index is 4.25. The van der Waals surface area contributed by atoms with E-state index < -0.39 is 17.4 Å². The fourth-order valence-electron chi connectivity index (χ4n) is 1.15. The number of hydrogen-bond donors (Lipinski definition) is 3. The first kappa shape index (κ1) is 14.6. The van der Waals surface area contributed by atoms with Crippen molar-refractivity contribution in [3.63, 3.8) is 0 Å². The van der Waals surface area contributed by atoms with E-state index in [-0.39, 0.29) is 12.5 Å². The molecular weight excluding hydrogens is 208 g/mol. The molecule has 0 aromatic heterocycles. The van der Waals surface area contributed by atoms with Gasteiger partial charge in [0, 0.05) is 6.54 Å². The predicted molar refractivity (Wildman–Crippen MR) is 62.1 cm³/mol. The van der Waals surface area contributed by atoms with E-state index in [0.29, 0.717) is 6.54 Å². The third kappa shape index (κ3) is 5.50. The minimum absolute atomic E-state index is 0.0892. The normalized spacial score (nSPS) is 12.9. The van der Waals surface area contributed by atoms with Gasteiger partial charge in [-0.05, 0) is 5.41 Å². The van der Waals surface area contributed by atoms with E-state index in [2.05, 4.69) is 17.2 Å². The topological polar surface area (TPSA) is 78.4 Å². The highest BCUT2D eigenvalue weighted by Gasteiger charge is 2.32. The maximum atomic E-state index is 11.4. The molecule has 5 heteroatoms. The van der Waals surface area contributed by atoms with Gasteiger partial charge in [-0.25, -0.2) is 4.79 Å². The molecule has 1 atom stereocenters. The molecule has 0 aliphatic rings. The summed E-state index contributed by atoms with van der Waals surface area (Å²) >= 11 is 0. The molecule has 0 heterocycles. The van der Waals surface area contributed by atoms with Crippen molar-refractivity contribution in [2.24, 2.45) is 5.41 Å². The highest BCUT2D eigenvalue weighted by Crippen LogP contribution is 2.19. The third-order valence-corrected chi connectivity index (χ3v) is 1.99. The number of carbonyl (C=O) groups excluding carboxylic acids is 1. The van der Waals surface area contributed by atoms with Gasteiger partial charge < -0.3 is 15.7 Å². The van der Waals surface area contributed by atoms with Gasteiger partial charge in [-0.3, -0.25) is 4.79 Å². The standard InChI is InChI=1S/C11H20N2O3/c1-5-6-12-7-8(14)13-9(10(15)16)11(2,3)4/h5,9,12H,1,6-7H2,2-4H3,(H,13,14)(H,15,16)/t9-/m0/s1. The molecule has 0 saturated carbocycles. The largest absolute Gasteiger partial charge is 0.480 e. The van der Waals surface area contributed by atoms with Gasteiger partial charge in [0.25, 0.3) is 0 Å². The zero-order valence-corrected chi connectivity index (χ0v) is 10.0. The van der Waals surface area contributed by atoms with E-state index in [9.17, 15) is 9.59 Å². The fourth-order valence-corrected chi connectivity index (χ4v) is 1.15. The van der Waals surface area contributed by atoms with E-state index in [1.165, 1.54) is 0 Å². The molecule has 5 nitrogen and oxygen atoms in total. The molecule has 16 heavy (non-hydrogen) atoms. The Morgan fingerprint density at radius 1 is 1.44 bits per heavy atom. The number of hydrogen-bond acceptors (Lipinski definition) is 3. The number of aliphatic carboxylic acids is 1. The molecule has 3 N–H and O–H groups in total. The number of nitrogens with one attached hydrogen (secondary N) is 2. The summed E-state index contributed by atoms with van der Waals surface area (Å²) in [6.07, 6.45) is 1.63. The van der Waals surface area contributed by atoms with Gasteiger partial charge in [0.05, 0.1) is 6.54 Å². The molecule has 1 amide bonds. The first-order valence-corrected chi connectivity index (χ1v) is 5.13. The van der Waals surface area contributed by atoms with Crippen LogP contribution in [0.15, 0.2) is 12.7 Å². The first-order valence-electron chi connectivity index (χ1n) is 5.13. The molecule has 0 bridgehead atoms. The van der Waals surface area contributed by atoms with Crippen molar-refractivity contribution in [2.75, 3.05) is 13.1 Å². The van der Waals surface area contributed by atoms with Crippen LogP contribution >= 0.6 is 0 Å². The summed E-state index contributed by atoms with van der Waals surface area (Å²) < 4.78 is 0. The summed E-state index contributed by atoms with van der Waals surface area (Å²) in [5, 5.41) is 14.3. The average Bonchev–Trinajstić information content (AvgIpc) is 2.12. The summed E-state index contributed by atoms with van der Waals surface area (Å²) in [6, 6.07) is -0.884. The molecule has 0 fully saturated rings. The Morgan fingerprint density at radius 2 is 2.00 bits per heavy atom. The Bertz CT molecular complexity index is 269. The van der Waals surface area contributed by atoms with Crippen LogP contribution in [0.25, 0.3) is 0 Å². The molecule has 0 saturated heterocycles. The van der Waals surface area contributed by atoms with Crippen molar-refractivity contribution in [2.45, 2.75) is 26.8 Å². The summed E-state index contributed by atoms with van der Waals surface area (Å²) in [7, 11) is 0. The van der Waals surface area contributed by atoms with Crippen molar-refractivity contribution in [3.8, 4) is 0 Å². The lowest BCUT2D eigenvalue weighted by molar-refractivity contribution is -0.144. The lowest BCUT2D eigenvalue weighted by Crippen LogP contribution is -2.51. The number of amides is 1. The molecule has 0 aliphatic heterocycles. The van der Waals surface area contributed by atoms with Gasteiger partial charge in [-0.1, -0.05) is 26.8 Å². The number of carboxylic acid groups (broad SMARTS) is 1. The van der Waals surface area contributed by atoms with E-state index in [1.54, 1.807) is 26.8 Å². The van der Waals surface area contributed by atoms with Crippen LogP contribution in [0.1, 0.15) is 20.8 Å². The Kier molecular flexibility index (Phi) is 5.74. The number of rotatable bonds is 6. The van der Waals surface area contributed by atoms with Crippen molar-refractivity contribution in [3.05, 3.63) is 12.7 Å². The third-order valence-electron chi connectivity index (χ3n) is 1.99. The second kappa shape index (κ2) is 6.27. The molecule has 0 aliphatic carbocycles. The molecule has 0 radical (unpaired) electrons. The van der Waals surface area contributed by atoms with E-state index in [0.717, 1.165) is 0 Å². The van der Waals surface area contributed by atoms with Gasteiger partial charge in [-0.2, -0.15) is 0 Å². The van der Waals surface area contributed by atoms with Crippen molar-refractivity contribution >= 4 is 11.9 Å². The maximum absolute atomic E-state index is 11.4. The molecule has 0 spiro atoms. The fraction of sp³-hybridized carbons (Fsp3) is 0.636. The van der Waals surface area contributed by atoms with Crippen LogP contribution in [0.3, 0.4) is 0 Å². The summed E-state index contributed by atoms with van der Waals surface area (Å²) in [6.45, 7) is 9.40. The predicted octanol–water partition coefficient (Wildman–Crippen LogP) is 0.377. The Hall–Kier alpha value is -1.36. The maximum Gasteiger partial charge on any atom is 0.326 e. The van der Waals surface area contributed by atoms with Gasteiger partial charge in [-0.15, -0.1) is 6.58 Å². The zero-order valence-electron chi connectivity index (χ0n) is 10.0. The van der Waals surface area contributed by atoms with Crippen molar-refractivity contribution in [1.29, 1.82) is 0 Å². The molecular formula is C11H20N2O3. The molecule has 92 valence electrons. The summed E-state index contributed by atoms with van der Waals surface area (Å²) in [5.41, 5.74) is -0.514. The first-order chi connectivity index (χ1) is 7.29. The van der Waals surface area contributed by atoms with Gasteiger partial charge >= 0.3 is 5.97 Å². The van der Waals surface area contributed by atoms with Crippen LogP contribution in [0.2, 0.25) is 0 Å². The van der Waals surface area contributed by atoms with Crippen LogP contribution in [0.5, 0.6) is 0 Å². The summed E-state index contributed by atoms with van der Waals surface area (Å²) in [5.74, 6) is -1.35. The van der Waals surface area contributed by atoms with Crippen molar-refractivity contribution in [1.82, 2.24) is 10.6 Å². The second-order valence-corrected chi connectivity index (χ2v) is 4.62. The average molecular weight is 228 g/mol. The minimum atomic E-state index is -1.02. The monoisotopic (exact) mass is 228 g/mol. The quantitative estimate of drug-likeness (QED) is 0.453. The Morgan fingerprint density at radius 3 is 2.38 bits per heavy atom. The highest BCUT2D eigenvalue weighted by molar-refractivity contribution is 5.85. The number of carboxylic acids is 1. The van der Waals surface area contributed by atoms with Crippen LogP contribution in [0, 0.1) is 5.41 Å². The van der Waals surface area contributed by atoms with E-state index >= 15 is 0 Å². The van der Waals surface area contributed by atoms with Gasteiger partial charge in [0.1, 0.15) is 6.04 Å². The Labute approximate surface area is 95.9 Å². The molecule has 0 unspecified atom stereocenters.